The molecule has 0 unspecified atom stereocenters. The lowest BCUT2D eigenvalue weighted by molar-refractivity contribution is -0.114. The lowest BCUT2D eigenvalue weighted by Gasteiger charge is -2.10. The number of rotatable bonds is 6. The van der Waals surface area contributed by atoms with E-state index in [1.807, 2.05) is 0 Å². The maximum atomic E-state index is 13.1. The average molecular weight is 360 g/mol. The SMILES string of the molecule is COC(=O)c1cc(NC(=O)CNc2cccc(F)c2)cc(C(=O)OC)c1. The molecule has 1 amide bonds. The van der Waals surface area contributed by atoms with Crippen molar-refractivity contribution in [2.75, 3.05) is 31.4 Å². The number of ether oxygens (including phenoxy) is 2. The van der Waals surface area contributed by atoms with Gasteiger partial charge in [0.05, 0.1) is 31.9 Å². The van der Waals surface area contributed by atoms with E-state index in [9.17, 15) is 18.8 Å². The van der Waals surface area contributed by atoms with Crippen molar-refractivity contribution in [3.05, 3.63) is 59.4 Å². The summed E-state index contributed by atoms with van der Waals surface area (Å²) in [5.41, 5.74) is 0.839. The topological polar surface area (TPSA) is 93.7 Å². The third-order valence-corrected chi connectivity index (χ3v) is 3.34. The van der Waals surface area contributed by atoms with Crippen molar-refractivity contribution in [2.24, 2.45) is 0 Å². The molecule has 2 rings (SSSR count). The molecule has 0 spiro atoms. The summed E-state index contributed by atoms with van der Waals surface area (Å²) in [7, 11) is 2.41. The van der Waals surface area contributed by atoms with Gasteiger partial charge >= 0.3 is 11.9 Å². The molecule has 2 N–H and O–H groups in total. The van der Waals surface area contributed by atoms with Gasteiger partial charge in [0.2, 0.25) is 5.91 Å². The summed E-state index contributed by atoms with van der Waals surface area (Å²) in [6.07, 6.45) is 0. The number of methoxy groups -OCH3 is 2. The molecule has 0 saturated heterocycles. The lowest BCUT2D eigenvalue weighted by Crippen LogP contribution is -2.22. The van der Waals surface area contributed by atoms with Crippen molar-refractivity contribution >= 4 is 29.2 Å². The van der Waals surface area contributed by atoms with Crippen LogP contribution in [0.15, 0.2) is 42.5 Å². The monoisotopic (exact) mass is 360 g/mol. The number of amides is 1. The highest BCUT2D eigenvalue weighted by Gasteiger charge is 2.15. The molecule has 0 atom stereocenters. The van der Waals surface area contributed by atoms with Crippen molar-refractivity contribution in [1.29, 1.82) is 0 Å². The van der Waals surface area contributed by atoms with Crippen LogP contribution in [0, 0.1) is 5.82 Å². The van der Waals surface area contributed by atoms with E-state index in [-0.39, 0.29) is 23.4 Å². The number of hydrogen-bond acceptors (Lipinski definition) is 6. The van der Waals surface area contributed by atoms with Crippen molar-refractivity contribution in [3.8, 4) is 0 Å². The van der Waals surface area contributed by atoms with Gasteiger partial charge in [-0.1, -0.05) is 6.07 Å². The zero-order valence-electron chi connectivity index (χ0n) is 14.2. The largest absolute Gasteiger partial charge is 0.465 e. The van der Waals surface area contributed by atoms with E-state index < -0.39 is 23.7 Å². The maximum Gasteiger partial charge on any atom is 0.337 e. The van der Waals surface area contributed by atoms with E-state index in [0.29, 0.717) is 5.69 Å². The summed E-state index contributed by atoms with van der Waals surface area (Å²) >= 11 is 0. The standard InChI is InChI=1S/C18H17FN2O5/c1-25-17(23)11-6-12(18(24)26-2)8-15(7-11)21-16(22)10-20-14-5-3-4-13(19)9-14/h3-9,20H,10H2,1-2H3,(H,21,22). The zero-order chi connectivity index (χ0) is 19.1. The van der Waals surface area contributed by atoms with Gasteiger partial charge < -0.3 is 20.1 Å². The summed E-state index contributed by atoms with van der Waals surface area (Å²) < 4.78 is 22.4. The second kappa shape index (κ2) is 8.61. The Bertz CT molecular complexity index is 804. The van der Waals surface area contributed by atoms with Gasteiger partial charge in [-0.15, -0.1) is 0 Å². The van der Waals surface area contributed by atoms with Gasteiger partial charge in [0, 0.05) is 11.4 Å². The molecule has 0 bridgehead atoms. The molecule has 2 aromatic carbocycles. The molecule has 0 aromatic heterocycles. The van der Waals surface area contributed by atoms with Crippen molar-refractivity contribution in [3.63, 3.8) is 0 Å². The van der Waals surface area contributed by atoms with Crippen LogP contribution in [0.2, 0.25) is 0 Å². The van der Waals surface area contributed by atoms with Crippen LogP contribution >= 0.6 is 0 Å². The molecular formula is C18H17FN2O5. The summed E-state index contributed by atoms with van der Waals surface area (Å²) in [5.74, 6) is -2.20. The number of halogens is 1. The first kappa shape index (κ1) is 18.9. The van der Waals surface area contributed by atoms with Crippen LogP contribution in [0.1, 0.15) is 20.7 Å². The Morgan fingerprint density at radius 3 is 2.08 bits per heavy atom. The summed E-state index contributed by atoms with van der Waals surface area (Å²) in [4.78, 5) is 35.5. The van der Waals surface area contributed by atoms with Crippen LogP contribution in [0.3, 0.4) is 0 Å². The van der Waals surface area contributed by atoms with Gasteiger partial charge in [-0.05, 0) is 36.4 Å². The van der Waals surface area contributed by atoms with E-state index >= 15 is 0 Å². The highest BCUT2D eigenvalue weighted by molar-refractivity contribution is 6.00. The van der Waals surface area contributed by atoms with Gasteiger partial charge in [-0.2, -0.15) is 0 Å². The Labute approximate surface area is 149 Å². The Morgan fingerprint density at radius 1 is 0.923 bits per heavy atom. The summed E-state index contributed by atoms with van der Waals surface area (Å²) in [6.45, 7) is -0.139. The minimum atomic E-state index is -0.663. The maximum absolute atomic E-state index is 13.1. The Morgan fingerprint density at radius 2 is 1.54 bits per heavy atom. The fourth-order valence-corrected chi connectivity index (χ4v) is 2.16. The Hall–Kier alpha value is -3.42. The van der Waals surface area contributed by atoms with Gasteiger partial charge in [0.25, 0.3) is 0 Å². The predicted octanol–water partition coefficient (Wildman–Crippen LogP) is 2.45. The minimum Gasteiger partial charge on any atom is -0.465 e. The number of hydrogen-bond donors (Lipinski definition) is 2. The molecular weight excluding hydrogens is 343 g/mol. The van der Waals surface area contributed by atoms with Crippen LogP contribution < -0.4 is 10.6 Å². The highest BCUT2D eigenvalue weighted by Crippen LogP contribution is 2.17. The first-order valence-electron chi connectivity index (χ1n) is 7.54. The second-order valence-electron chi connectivity index (χ2n) is 5.19. The van der Waals surface area contributed by atoms with E-state index in [0.717, 1.165) is 0 Å². The van der Waals surface area contributed by atoms with Crippen LogP contribution in [-0.4, -0.2) is 38.6 Å². The smallest absolute Gasteiger partial charge is 0.337 e. The van der Waals surface area contributed by atoms with Crippen LogP contribution in [0.25, 0.3) is 0 Å². The number of nitrogens with one attached hydrogen (secondary N) is 2. The summed E-state index contributed by atoms with van der Waals surface area (Å²) in [5, 5.41) is 5.32. The second-order valence-corrected chi connectivity index (χ2v) is 5.19. The third-order valence-electron chi connectivity index (χ3n) is 3.34. The molecule has 0 radical (unpaired) electrons. The van der Waals surface area contributed by atoms with E-state index in [1.165, 1.54) is 50.6 Å². The van der Waals surface area contributed by atoms with E-state index in [1.54, 1.807) is 6.07 Å². The Balaban J connectivity index is 2.12. The molecule has 0 aliphatic carbocycles. The highest BCUT2D eigenvalue weighted by atomic mass is 19.1. The van der Waals surface area contributed by atoms with Crippen molar-refractivity contribution < 1.29 is 28.2 Å². The van der Waals surface area contributed by atoms with E-state index in [4.69, 9.17) is 0 Å². The average Bonchev–Trinajstić information content (AvgIpc) is 2.64. The van der Waals surface area contributed by atoms with Crippen molar-refractivity contribution in [2.45, 2.75) is 0 Å². The first-order valence-corrected chi connectivity index (χ1v) is 7.54. The number of carbonyl (C=O) groups is 3. The number of anilines is 2. The van der Waals surface area contributed by atoms with E-state index in [2.05, 4.69) is 20.1 Å². The molecule has 136 valence electrons. The molecule has 7 nitrogen and oxygen atoms in total. The fourth-order valence-electron chi connectivity index (χ4n) is 2.16. The van der Waals surface area contributed by atoms with Crippen molar-refractivity contribution in [1.82, 2.24) is 0 Å². The molecule has 8 heteroatoms. The van der Waals surface area contributed by atoms with Crippen LogP contribution in [0.4, 0.5) is 15.8 Å². The predicted molar refractivity (Wildman–Crippen MR) is 92.6 cm³/mol. The Kier molecular flexibility index (Phi) is 6.26. The molecule has 0 aliphatic heterocycles. The van der Waals surface area contributed by atoms with Gasteiger partial charge in [-0.3, -0.25) is 4.79 Å². The summed E-state index contributed by atoms with van der Waals surface area (Å²) in [6, 6.07) is 9.72. The molecule has 0 aliphatic rings. The number of benzene rings is 2. The van der Waals surface area contributed by atoms with Gasteiger partial charge in [0.1, 0.15) is 5.82 Å². The molecule has 0 saturated carbocycles. The lowest BCUT2D eigenvalue weighted by atomic mass is 10.1. The first-order chi connectivity index (χ1) is 12.4. The number of carbonyl (C=O) groups excluding carboxylic acids is 3. The molecule has 26 heavy (non-hydrogen) atoms. The zero-order valence-corrected chi connectivity index (χ0v) is 14.2. The van der Waals surface area contributed by atoms with Gasteiger partial charge in [-0.25, -0.2) is 14.0 Å². The number of esters is 2. The van der Waals surface area contributed by atoms with Crippen LogP contribution in [0.5, 0.6) is 0 Å². The van der Waals surface area contributed by atoms with Gasteiger partial charge in [0.15, 0.2) is 0 Å². The fraction of sp³-hybridized carbons (Fsp3) is 0.167. The molecule has 0 heterocycles. The molecule has 0 fully saturated rings. The normalized spacial score (nSPS) is 9.96. The molecule has 2 aromatic rings. The third kappa shape index (κ3) is 5.04. The van der Waals surface area contributed by atoms with Crippen LogP contribution in [-0.2, 0) is 14.3 Å². The quantitative estimate of drug-likeness (QED) is 0.769. The minimum absolute atomic E-state index is 0.0868.